The molecule has 3 heterocycles. The van der Waals surface area contributed by atoms with E-state index >= 15 is 0 Å². The number of nitrogens with one attached hydrogen (secondary N) is 1. The van der Waals surface area contributed by atoms with Gasteiger partial charge in [-0.1, -0.05) is 78.9 Å². The molecule has 1 saturated heterocycles. The molecule has 6 rings (SSSR count). The van der Waals surface area contributed by atoms with Crippen LogP contribution in [0.4, 0.5) is 4.79 Å². The molecule has 212 valence electrons. The van der Waals surface area contributed by atoms with Crippen molar-refractivity contribution in [2.24, 2.45) is 16.6 Å². The van der Waals surface area contributed by atoms with Gasteiger partial charge in [0.2, 0.25) is 5.91 Å². The largest absolute Gasteiger partial charge is 0.366 e. The third-order valence-electron chi connectivity index (χ3n) is 8.06. The number of amides is 3. The zero-order valence-electron chi connectivity index (χ0n) is 23.6. The number of carbonyl (C=O) groups excluding carboxylic acids is 2. The van der Waals surface area contributed by atoms with E-state index in [1.165, 1.54) is 0 Å². The molecule has 0 bridgehead atoms. The van der Waals surface area contributed by atoms with Gasteiger partial charge in [-0.3, -0.25) is 14.4 Å². The number of carbonyl (C=O) groups is 2. The minimum atomic E-state index is -0.678. The predicted molar refractivity (Wildman–Crippen MR) is 165 cm³/mol. The summed E-state index contributed by atoms with van der Waals surface area (Å²) in [5.41, 5.74) is 12.2. The van der Waals surface area contributed by atoms with Crippen LogP contribution in [0, 0.1) is 12.8 Å². The second kappa shape index (κ2) is 11.9. The zero-order chi connectivity index (χ0) is 29.1. The van der Waals surface area contributed by atoms with Crippen molar-refractivity contribution < 1.29 is 9.59 Å². The molecule has 1 unspecified atom stereocenters. The van der Waals surface area contributed by atoms with Crippen molar-refractivity contribution in [3.63, 3.8) is 0 Å². The van der Waals surface area contributed by atoms with Crippen LogP contribution in [-0.2, 0) is 4.79 Å². The third-order valence-corrected chi connectivity index (χ3v) is 8.06. The maximum Gasteiger partial charge on any atom is 0.319 e. The monoisotopic (exact) mass is 558 g/mol. The summed E-state index contributed by atoms with van der Waals surface area (Å²) in [4.78, 5) is 37.7. The van der Waals surface area contributed by atoms with Crippen molar-refractivity contribution in [3.05, 3.63) is 125 Å². The lowest BCUT2D eigenvalue weighted by Crippen LogP contribution is -2.46. The highest BCUT2D eigenvalue weighted by molar-refractivity contribution is 6.17. The first-order valence-corrected chi connectivity index (χ1v) is 14.4. The molecule has 0 radical (unpaired) electrons. The van der Waals surface area contributed by atoms with Gasteiger partial charge in [0.1, 0.15) is 0 Å². The molecular formula is C34H34N6O2. The molecule has 0 spiro atoms. The SMILES string of the molecule is Cc1cnc2n1C1=C(CC=CC=C1)C(c1ccccc1)=NC2NC(=O)N1CCC(/C(=C/c2ccccc2)C(N)=O)CC1. The quantitative estimate of drug-likeness (QED) is 0.409. The van der Waals surface area contributed by atoms with Crippen LogP contribution in [0.5, 0.6) is 0 Å². The molecule has 8 heteroatoms. The molecule has 8 nitrogen and oxygen atoms in total. The summed E-state index contributed by atoms with van der Waals surface area (Å²) in [7, 11) is 0. The van der Waals surface area contributed by atoms with E-state index in [1.54, 1.807) is 4.90 Å². The predicted octanol–water partition coefficient (Wildman–Crippen LogP) is 5.41. The highest BCUT2D eigenvalue weighted by atomic mass is 16.2. The fourth-order valence-electron chi connectivity index (χ4n) is 5.93. The van der Waals surface area contributed by atoms with Crippen LogP contribution >= 0.6 is 0 Å². The van der Waals surface area contributed by atoms with Gasteiger partial charge in [-0.05, 0) is 49.8 Å². The molecule has 42 heavy (non-hydrogen) atoms. The number of primary amides is 1. The summed E-state index contributed by atoms with van der Waals surface area (Å²) in [5.74, 6) is 0.248. The number of likely N-dealkylation sites (tertiary alicyclic amines) is 1. The van der Waals surface area contributed by atoms with E-state index in [2.05, 4.69) is 22.0 Å². The highest BCUT2D eigenvalue weighted by Crippen LogP contribution is 2.33. The van der Waals surface area contributed by atoms with E-state index in [-0.39, 0.29) is 11.9 Å². The van der Waals surface area contributed by atoms with Gasteiger partial charge in [0, 0.05) is 41.7 Å². The van der Waals surface area contributed by atoms with E-state index < -0.39 is 12.1 Å². The Hall–Kier alpha value is -4.98. The molecule has 1 atom stereocenters. The number of aryl methyl sites for hydroxylation is 1. The Labute approximate surface area is 245 Å². The van der Waals surface area contributed by atoms with Crippen molar-refractivity contribution in [2.75, 3.05) is 13.1 Å². The number of fused-ring (bicyclic) bond motifs is 2. The Balaban J connectivity index is 1.26. The second-order valence-electron chi connectivity index (χ2n) is 10.8. The topological polar surface area (TPSA) is 106 Å². The van der Waals surface area contributed by atoms with Gasteiger partial charge in [-0.25, -0.2) is 9.78 Å². The average molecular weight is 559 g/mol. The molecule has 3 amide bonds. The lowest BCUT2D eigenvalue weighted by atomic mass is 9.87. The van der Waals surface area contributed by atoms with Crippen molar-refractivity contribution >= 4 is 29.4 Å². The molecule has 3 aromatic rings. The zero-order valence-corrected chi connectivity index (χ0v) is 23.6. The summed E-state index contributed by atoms with van der Waals surface area (Å²) >= 11 is 0. The van der Waals surface area contributed by atoms with Crippen molar-refractivity contribution in [1.29, 1.82) is 0 Å². The molecule has 0 saturated carbocycles. The maximum atomic E-state index is 13.7. The van der Waals surface area contributed by atoms with Gasteiger partial charge in [0.25, 0.3) is 0 Å². The van der Waals surface area contributed by atoms with E-state index in [4.69, 9.17) is 15.7 Å². The van der Waals surface area contributed by atoms with Crippen LogP contribution in [0.25, 0.3) is 11.8 Å². The minimum Gasteiger partial charge on any atom is -0.366 e. The molecule has 1 fully saturated rings. The third kappa shape index (κ3) is 5.48. The molecule has 2 aromatic carbocycles. The van der Waals surface area contributed by atoms with Crippen LogP contribution < -0.4 is 11.1 Å². The number of rotatable bonds is 5. The maximum absolute atomic E-state index is 13.7. The average Bonchev–Trinajstić information content (AvgIpc) is 3.17. The number of urea groups is 1. The Morgan fingerprint density at radius 1 is 1.00 bits per heavy atom. The van der Waals surface area contributed by atoms with E-state index in [0.717, 1.165) is 33.8 Å². The van der Waals surface area contributed by atoms with Crippen LogP contribution in [-0.4, -0.2) is 45.2 Å². The molecule has 1 aliphatic carbocycles. The first-order valence-electron chi connectivity index (χ1n) is 14.4. The highest BCUT2D eigenvalue weighted by Gasteiger charge is 2.32. The lowest BCUT2D eigenvalue weighted by Gasteiger charge is -2.33. The number of aliphatic imine (C=N–C) groups is 1. The van der Waals surface area contributed by atoms with Crippen molar-refractivity contribution in [3.8, 4) is 0 Å². The summed E-state index contributed by atoms with van der Waals surface area (Å²) in [6.07, 6.45) is 13.3. The van der Waals surface area contributed by atoms with Gasteiger partial charge < -0.3 is 16.0 Å². The van der Waals surface area contributed by atoms with Crippen LogP contribution in [0.3, 0.4) is 0 Å². The number of aromatic nitrogens is 2. The van der Waals surface area contributed by atoms with Crippen LogP contribution in [0.15, 0.2) is 107 Å². The molecule has 1 aromatic heterocycles. The summed E-state index contributed by atoms with van der Waals surface area (Å²) < 4.78 is 2.10. The lowest BCUT2D eigenvalue weighted by molar-refractivity contribution is -0.115. The summed E-state index contributed by atoms with van der Waals surface area (Å²) in [6, 6.07) is 19.6. The Kier molecular flexibility index (Phi) is 7.68. The summed E-state index contributed by atoms with van der Waals surface area (Å²) in [6.45, 7) is 3.03. The number of hydrogen-bond donors (Lipinski definition) is 2. The van der Waals surface area contributed by atoms with Crippen molar-refractivity contribution in [1.82, 2.24) is 19.8 Å². The van der Waals surface area contributed by atoms with Crippen LogP contribution in [0.1, 0.15) is 48.1 Å². The normalized spacial score (nSPS) is 19.0. The van der Waals surface area contributed by atoms with Gasteiger partial charge in [-0.15, -0.1) is 0 Å². The fourth-order valence-corrected chi connectivity index (χ4v) is 5.93. The van der Waals surface area contributed by atoms with Crippen molar-refractivity contribution in [2.45, 2.75) is 32.4 Å². The smallest absolute Gasteiger partial charge is 0.319 e. The van der Waals surface area contributed by atoms with Gasteiger partial charge in [0.05, 0.1) is 11.4 Å². The minimum absolute atomic E-state index is 0.00593. The molecular weight excluding hydrogens is 524 g/mol. The first kappa shape index (κ1) is 27.2. The number of piperidine rings is 1. The van der Waals surface area contributed by atoms with E-state index in [1.807, 2.05) is 92.0 Å². The van der Waals surface area contributed by atoms with Gasteiger partial charge in [0.15, 0.2) is 12.0 Å². The standard InChI is InChI=1S/C34H34N6O2/c1-23-22-36-33-32(37-30(26-13-7-3-8-14-26)27-15-9-4-10-16-29(27)40(23)33)38-34(42)39-19-17-25(18-20-39)28(31(35)41)21-24-11-5-2-6-12-24/h2-14,16,21-22,25,32H,15,17-20H2,1H3,(H2,35,41)(H,38,42)/b28-21-. The Morgan fingerprint density at radius 3 is 2.43 bits per heavy atom. The second-order valence-corrected chi connectivity index (χ2v) is 10.8. The van der Waals surface area contributed by atoms with Crippen LogP contribution in [0.2, 0.25) is 0 Å². The molecule has 3 aliphatic rings. The molecule has 2 aliphatic heterocycles. The number of benzene rings is 2. The van der Waals surface area contributed by atoms with E-state index in [9.17, 15) is 9.59 Å². The number of allylic oxidation sites excluding steroid dienone is 6. The molecule has 3 N–H and O–H groups in total. The first-order chi connectivity index (χ1) is 20.5. The van der Waals surface area contributed by atoms with E-state index in [0.29, 0.717) is 43.7 Å². The van der Waals surface area contributed by atoms with Gasteiger partial charge >= 0.3 is 6.03 Å². The number of nitrogens with zero attached hydrogens (tertiary/aromatic N) is 4. The number of nitrogens with two attached hydrogens (primary N) is 1. The summed E-state index contributed by atoms with van der Waals surface area (Å²) in [5, 5.41) is 3.17. The Morgan fingerprint density at radius 2 is 1.71 bits per heavy atom. The van der Waals surface area contributed by atoms with Gasteiger partial charge in [-0.2, -0.15) is 0 Å². The number of hydrogen-bond acceptors (Lipinski definition) is 4. The number of imidazole rings is 1. The fraction of sp³-hybridized carbons (Fsp3) is 0.235. The Bertz CT molecular complexity index is 1640.